The second-order valence-electron chi connectivity index (χ2n) is 6.86. The Morgan fingerprint density at radius 2 is 1.96 bits per heavy atom. The molecule has 1 aliphatic heterocycles. The number of likely N-dealkylation sites (tertiary alicyclic amines) is 1. The summed E-state index contributed by atoms with van der Waals surface area (Å²) in [5, 5.41) is 7.86. The molecule has 1 aliphatic carbocycles. The van der Waals surface area contributed by atoms with Crippen LogP contribution < -0.4 is 0 Å². The molecule has 2 fully saturated rings. The van der Waals surface area contributed by atoms with E-state index in [2.05, 4.69) is 41.4 Å². The van der Waals surface area contributed by atoms with E-state index in [0.29, 0.717) is 16.9 Å². The van der Waals surface area contributed by atoms with E-state index in [4.69, 9.17) is 0 Å². The molecule has 2 heterocycles. The van der Waals surface area contributed by atoms with Crippen molar-refractivity contribution in [2.45, 2.75) is 48.7 Å². The van der Waals surface area contributed by atoms with Gasteiger partial charge in [0.25, 0.3) is 5.91 Å². The molecular weight excluding hydrogens is 318 g/mol. The van der Waals surface area contributed by atoms with Gasteiger partial charge in [-0.15, -0.1) is 11.8 Å². The summed E-state index contributed by atoms with van der Waals surface area (Å²) in [4.78, 5) is 15.9. The lowest BCUT2D eigenvalue weighted by atomic mass is 10.1. The van der Waals surface area contributed by atoms with Crippen LogP contribution in [0.3, 0.4) is 0 Å². The maximum atomic E-state index is 12.6. The highest BCUT2D eigenvalue weighted by Gasteiger charge is 2.29. The van der Waals surface area contributed by atoms with Gasteiger partial charge in [0.2, 0.25) is 0 Å². The SMILES string of the molecule is Cc1ccccc1SC1CCN(C(=O)c2cc(C3CC3)[nH]n2)CC1. The second-order valence-corrected chi connectivity index (χ2v) is 8.20. The summed E-state index contributed by atoms with van der Waals surface area (Å²) < 4.78 is 0. The highest BCUT2D eigenvalue weighted by Crippen LogP contribution is 2.39. The maximum Gasteiger partial charge on any atom is 0.274 e. The molecule has 2 aromatic rings. The van der Waals surface area contributed by atoms with E-state index in [-0.39, 0.29) is 5.91 Å². The Balaban J connectivity index is 1.33. The normalized spacial score (nSPS) is 18.8. The molecule has 0 spiro atoms. The van der Waals surface area contributed by atoms with Crippen molar-refractivity contribution >= 4 is 17.7 Å². The average molecular weight is 341 g/mol. The van der Waals surface area contributed by atoms with Crippen molar-refractivity contribution in [1.82, 2.24) is 15.1 Å². The molecule has 1 aromatic carbocycles. The Labute approximate surface area is 147 Å². The van der Waals surface area contributed by atoms with Crippen LogP contribution in [0.2, 0.25) is 0 Å². The van der Waals surface area contributed by atoms with Crippen LogP contribution in [-0.2, 0) is 0 Å². The third-order valence-electron chi connectivity index (χ3n) is 4.95. The van der Waals surface area contributed by atoms with Crippen molar-refractivity contribution in [1.29, 1.82) is 0 Å². The zero-order chi connectivity index (χ0) is 16.5. The fourth-order valence-corrected chi connectivity index (χ4v) is 4.47. The number of thioether (sulfide) groups is 1. The Hall–Kier alpha value is -1.75. The van der Waals surface area contributed by atoms with Crippen molar-refractivity contribution in [3.05, 3.63) is 47.3 Å². The van der Waals surface area contributed by atoms with Gasteiger partial charge in [0.1, 0.15) is 5.69 Å². The van der Waals surface area contributed by atoms with Gasteiger partial charge >= 0.3 is 0 Å². The van der Waals surface area contributed by atoms with Crippen LogP contribution in [0.1, 0.15) is 53.3 Å². The highest BCUT2D eigenvalue weighted by molar-refractivity contribution is 8.00. The third-order valence-corrected chi connectivity index (χ3v) is 6.47. The summed E-state index contributed by atoms with van der Waals surface area (Å²) in [6, 6.07) is 10.5. The fourth-order valence-electron chi connectivity index (χ4n) is 3.26. The number of hydrogen-bond acceptors (Lipinski definition) is 3. The zero-order valence-electron chi connectivity index (χ0n) is 14.0. The first-order valence-corrected chi connectivity index (χ1v) is 9.65. The standard InChI is InChI=1S/C19H23N3OS/c1-13-4-2-3-5-18(13)24-15-8-10-22(11-9-15)19(23)17-12-16(20-21-17)14-6-7-14/h2-5,12,14-15H,6-11H2,1H3,(H,20,21). The molecule has 0 bridgehead atoms. The lowest BCUT2D eigenvalue weighted by molar-refractivity contribution is 0.0721. The number of benzene rings is 1. The van der Waals surface area contributed by atoms with Crippen molar-refractivity contribution in [2.24, 2.45) is 0 Å². The minimum absolute atomic E-state index is 0.0810. The predicted octanol–water partition coefficient (Wildman–Crippen LogP) is 3.99. The number of piperidine rings is 1. The van der Waals surface area contributed by atoms with Gasteiger partial charge in [-0.1, -0.05) is 18.2 Å². The number of aromatic nitrogens is 2. The molecule has 1 saturated carbocycles. The Morgan fingerprint density at radius 1 is 1.21 bits per heavy atom. The van der Waals surface area contributed by atoms with Gasteiger partial charge in [0.05, 0.1) is 0 Å². The van der Waals surface area contributed by atoms with Crippen LogP contribution in [0.25, 0.3) is 0 Å². The van der Waals surface area contributed by atoms with Crippen LogP contribution in [0.15, 0.2) is 35.2 Å². The first-order valence-electron chi connectivity index (χ1n) is 8.77. The minimum Gasteiger partial charge on any atom is -0.337 e. The predicted molar refractivity (Wildman–Crippen MR) is 96.5 cm³/mol. The Kier molecular flexibility index (Phi) is 4.35. The molecule has 1 N–H and O–H groups in total. The summed E-state index contributed by atoms with van der Waals surface area (Å²) in [6.45, 7) is 3.82. The van der Waals surface area contributed by atoms with E-state index in [1.54, 1.807) is 0 Å². The van der Waals surface area contributed by atoms with E-state index >= 15 is 0 Å². The maximum absolute atomic E-state index is 12.6. The van der Waals surface area contributed by atoms with Crippen molar-refractivity contribution < 1.29 is 4.79 Å². The van der Waals surface area contributed by atoms with Crippen LogP contribution in [0.4, 0.5) is 0 Å². The van der Waals surface area contributed by atoms with Gasteiger partial charge in [-0.25, -0.2) is 0 Å². The summed E-state index contributed by atoms with van der Waals surface area (Å²) >= 11 is 1.96. The molecule has 4 rings (SSSR count). The minimum atomic E-state index is 0.0810. The number of rotatable bonds is 4. The van der Waals surface area contributed by atoms with E-state index < -0.39 is 0 Å². The Bertz CT molecular complexity index is 730. The van der Waals surface area contributed by atoms with E-state index in [1.807, 2.05) is 22.7 Å². The number of amides is 1. The van der Waals surface area contributed by atoms with Crippen LogP contribution in [0.5, 0.6) is 0 Å². The summed E-state index contributed by atoms with van der Waals surface area (Å²) in [7, 11) is 0. The molecule has 5 heteroatoms. The third kappa shape index (κ3) is 3.36. The first kappa shape index (κ1) is 15.8. The number of aromatic amines is 1. The van der Waals surface area contributed by atoms with Crippen LogP contribution >= 0.6 is 11.8 Å². The molecule has 24 heavy (non-hydrogen) atoms. The molecule has 1 aromatic heterocycles. The van der Waals surface area contributed by atoms with Gasteiger partial charge in [-0.2, -0.15) is 5.10 Å². The van der Waals surface area contributed by atoms with E-state index in [0.717, 1.165) is 31.6 Å². The van der Waals surface area contributed by atoms with Gasteiger partial charge in [-0.05, 0) is 50.3 Å². The molecule has 0 unspecified atom stereocenters. The first-order chi connectivity index (χ1) is 11.7. The quantitative estimate of drug-likeness (QED) is 0.915. The molecular formula is C19H23N3OS. The second kappa shape index (κ2) is 6.63. The molecule has 1 amide bonds. The summed E-state index contributed by atoms with van der Waals surface area (Å²) in [5.74, 6) is 0.688. The molecule has 126 valence electrons. The van der Waals surface area contributed by atoms with Gasteiger partial charge in [-0.3, -0.25) is 9.89 Å². The van der Waals surface area contributed by atoms with Crippen molar-refractivity contribution in [3.63, 3.8) is 0 Å². The number of carbonyl (C=O) groups is 1. The molecule has 0 atom stereocenters. The average Bonchev–Trinajstić information content (AvgIpc) is 3.34. The van der Waals surface area contributed by atoms with Crippen molar-refractivity contribution in [2.75, 3.05) is 13.1 Å². The van der Waals surface area contributed by atoms with E-state index in [1.165, 1.54) is 23.3 Å². The lowest BCUT2D eigenvalue weighted by Crippen LogP contribution is -2.39. The number of hydrogen-bond donors (Lipinski definition) is 1. The van der Waals surface area contributed by atoms with E-state index in [9.17, 15) is 4.79 Å². The number of aryl methyl sites for hydroxylation is 1. The number of nitrogens with one attached hydrogen (secondary N) is 1. The summed E-state index contributed by atoms with van der Waals surface area (Å²) in [6.07, 6.45) is 4.53. The lowest BCUT2D eigenvalue weighted by Gasteiger charge is -2.31. The number of H-pyrrole nitrogens is 1. The highest BCUT2D eigenvalue weighted by atomic mass is 32.2. The monoisotopic (exact) mass is 341 g/mol. The zero-order valence-corrected chi connectivity index (χ0v) is 14.8. The van der Waals surface area contributed by atoms with Crippen LogP contribution in [0, 0.1) is 6.92 Å². The van der Waals surface area contributed by atoms with Gasteiger partial charge in [0.15, 0.2) is 0 Å². The van der Waals surface area contributed by atoms with Crippen molar-refractivity contribution in [3.8, 4) is 0 Å². The topological polar surface area (TPSA) is 49.0 Å². The largest absolute Gasteiger partial charge is 0.337 e. The Morgan fingerprint density at radius 3 is 2.67 bits per heavy atom. The fraction of sp³-hybridized carbons (Fsp3) is 0.474. The molecule has 4 nitrogen and oxygen atoms in total. The van der Waals surface area contributed by atoms with Crippen LogP contribution in [-0.4, -0.2) is 39.3 Å². The van der Waals surface area contributed by atoms with Gasteiger partial charge in [0, 0.05) is 34.8 Å². The number of nitrogens with zero attached hydrogens (tertiary/aromatic N) is 2. The summed E-state index contributed by atoms with van der Waals surface area (Å²) in [5.41, 5.74) is 3.05. The van der Waals surface area contributed by atoms with Gasteiger partial charge < -0.3 is 4.90 Å². The smallest absolute Gasteiger partial charge is 0.274 e. The molecule has 2 aliphatic rings. The molecule has 0 radical (unpaired) electrons. The number of carbonyl (C=O) groups excluding carboxylic acids is 1. The molecule has 1 saturated heterocycles.